The van der Waals surface area contributed by atoms with Crippen molar-refractivity contribution in [3.8, 4) is 5.75 Å². The summed E-state index contributed by atoms with van der Waals surface area (Å²) >= 11 is 3.37. The smallest absolute Gasteiger partial charge is 0.244 e. The molecule has 0 fully saturated rings. The van der Waals surface area contributed by atoms with Gasteiger partial charge in [0.05, 0.1) is 18.6 Å². The van der Waals surface area contributed by atoms with E-state index in [1.165, 1.54) is 11.9 Å². The highest BCUT2D eigenvalue weighted by atomic mass is 79.9. The first-order chi connectivity index (χ1) is 15.1. The van der Waals surface area contributed by atoms with E-state index < -0.39 is 28.5 Å². The number of ether oxygens (including phenoxy) is 1. The summed E-state index contributed by atoms with van der Waals surface area (Å²) in [7, 11) is -2.27. The van der Waals surface area contributed by atoms with Crippen LogP contribution in [-0.4, -0.2) is 57.6 Å². The summed E-state index contributed by atoms with van der Waals surface area (Å²) in [5.41, 5.74) is 1.14. The summed E-state index contributed by atoms with van der Waals surface area (Å²) in [4.78, 5) is 26.9. The highest BCUT2D eigenvalue weighted by Crippen LogP contribution is 2.22. The second kappa shape index (κ2) is 11.3. The second-order valence-electron chi connectivity index (χ2n) is 7.13. The molecule has 0 radical (unpaired) electrons. The highest BCUT2D eigenvalue weighted by Gasteiger charge is 2.29. The molecule has 8 nitrogen and oxygen atoms in total. The van der Waals surface area contributed by atoms with Crippen molar-refractivity contribution in [2.24, 2.45) is 0 Å². The normalized spacial score (nSPS) is 12.0. The van der Waals surface area contributed by atoms with Crippen LogP contribution in [0.2, 0.25) is 0 Å². The zero-order valence-corrected chi connectivity index (χ0v) is 20.9. The predicted molar refractivity (Wildman–Crippen MR) is 128 cm³/mol. The molecule has 0 saturated carbocycles. The maximum absolute atomic E-state index is 13.3. The molecule has 0 aliphatic carbocycles. The van der Waals surface area contributed by atoms with Gasteiger partial charge in [-0.25, -0.2) is 8.42 Å². The monoisotopic (exact) mass is 525 g/mol. The molecule has 2 aromatic carbocycles. The number of anilines is 1. The SMILES string of the molecule is CCOc1ccc(N(CC(=O)N(Cc2ccc(Br)cc2)C(C)C(=O)NC)S(C)(=O)=O)cc1. The number of sulfonamides is 1. The molecule has 0 spiro atoms. The summed E-state index contributed by atoms with van der Waals surface area (Å²) in [5, 5.41) is 2.54. The first-order valence-electron chi connectivity index (χ1n) is 10.0. The van der Waals surface area contributed by atoms with Crippen LogP contribution in [0.4, 0.5) is 5.69 Å². The number of benzene rings is 2. The van der Waals surface area contributed by atoms with Crippen molar-refractivity contribution in [1.82, 2.24) is 10.2 Å². The maximum atomic E-state index is 13.3. The van der Waals surface area contributed by atoms with Gasteiger partial charge in [0, 0.05) is 18.1 Å². The van der Waals surface area contributed by atoms with Gasteiger partial charge >= 0.3 is 0 Å². The third-order valence-corrected chi connectivity index (χ3v) is 6.46. The highest BCUT2D eigenvalue weighted by molar-refractivity contribution is 9.10. The zero-order valence-electron chi connectivity index (χ0n) is 18.5. The predicted octanol–water partition coefficient (Wildman–Crippen LogP) is 2.78. The number of rotatable bonds is 10. The van der Waals surface area contributed by atoms with Crippen molar-refractivity contribution in [2.75, 3.05) is 30.8 Å². The Labute approximate surface area is 197 Å². The number of nitrogens with zero attached hydrogens (tertiary/aromatic N) is 2. The summed E-state index contributed by atoms with van der Waals surface area (Å²) in [5.74, 6) is -0.244. The fourth-order valence-corrected chi connectivity index (χ4v) is 4.18. The second-order valence-corrected chi connectivity index (χ2v) is 9.96. The van der Waals surface area contributed by atoms with Crippen LogP contribution in [0.1, 0.15) is 19.4 Å². The Kier molecular flexibility index (Phi) is 9.09. The number of carbonyl (C=O) groups excluding carboxylic acids is 2. The van der Waals surface area contributed by atoms with E-state index in [0.717, 1.165) is 20.6 Å². The molecule has 2 amide bonds. The third-order valence-electron chi connectivity index (χ3n) is 4.79. The Balaban J connectivity index is 2.34. The van der Waals surface area contributed by atoms with Crippen molar-refractivity contribution in [3.63, 3.8) is 0 Å². The van der Waals surface area contributed by atoms with E-state index >= 15 is 0 Å². The molecule has 0 aliphatic rings. The van der Waals surface area contributed by atoms with Crippen LogP contribution in [0.15, 0.2) is 53.0 Å². The van der Waals surface area contributed by atoms with E-state index in [-0.39, 0.29) is 12.5 Å². The number of hydrogen-bond acceptors (Lipinski definition) is 5. The van der Waals surface area contributed by atoms with Crippen molar-refractivity contribution < 1.29 is 22.7 Å². The average molecular weight is 526 g/mol. The molecule has 0 bridgehead atoms. The van der Waals surface area contributed by atoms with Crippen LogP contribution in [0.25, 0.3) is 0 Å². The topological polar surface area (TPSA) is 96.0 Å². The molecule has 0 aromatic heterocycles. The quantitative estimate of drug-likeness (QED) is 0.514. The lowest BCUT2D eigenvalue weighted by Gasteiger charge is -2.31. The van der Waals surface area contributed by atoms with E-state index in [1.807, 2.05) is 31.2 Å². The standard InChI is InChI=1S/C22H28BrN3O5S/c1-5-31-20-12-10-19(11-13-20)26(32(4,29)30)15-21(27)25(16(2)22(28)24-3)14-17-6-8-18(23)9-7-17/h6-13,16H,5,14-15H2,1-4H3,(H,24,28). The third kappa shape index (κ3) is 6.96. The fraction of sp³-hybridized carbons (Fsp3) is 0.364. The fourth-order valence-electron chi connectivity index (χ4n) is 3.07. The van der Waals surface area contributed by atoms with Crippen molar-refractivity contribution >= 4 is 43.5 Å². The van der Waals surface area contributed by atoms with Crippen molar-refractivity contribution in [3.05, 3.63) is 58.6 Å². The number of halogens is 1. The lowest BCUT2D eigenvalue weighted by atomic mass is 10.1. The molecule has 2 rings (SSSR count). The Hall–Kier alpha value is -2.59. The molecule has 1 atom stereocenters. The number of amides is 2. The molecule has 1 N–H and O–H groups in total. The van der Waals surface area contributed by atoms with E-state index in [0.29, 0.717) is 18.0 Å². The van der Waals surface area contributed by atoms with E-state index in [9.17, 15) is 18.0 Å². The van der Waals surface area contributed by atoms with Gasteiger partial charge in [0.15, 0.2) is 0 Å². The molecule has 0 saturated heterocycles. The van der Waals surface area contributed by atoms with Gasteiger partial charge in [-0.1, -0.05) is 28.1 Å². The number of carbonyl (C=O) groups is 2. The van der Waals surface area contributed by atoms with Crippen molar-refractivity contribution in [2.45, 2.75) is 26.4 Å². The summed E-state index contributed by atoms with van der Waals surface area (Å²) in [6.45, 7) is 3.66. The average Bonchev–Trinajstić information content (AvgIpc) is 2.76. The molecular weight excluding hydrogens is 498 g/mol. The van der Waals surface area contributed by atoms with Crippen LogP contribution in [0, 0.1) is 0 Å². The molecule has 32 heavy (non-hydrogen) atoms. The molecule has 0 aliphatic heterocycles. The van der Waals surface area contributed by atoms with Crippen LogP contribution in [-0.2, 0) is 26.2 Å². The Morgan fingerprint density at radius 2 is 1.69 bits per heavy atom. The van der Waals surface area contributed by atoms with Crippen LogP contribution in [0.3, 0.4) is 0 Å². The van der Waals surface area contributed by atoms with Gasteiger partial charge in [-0.15, -0.1) is 0 Å². The van der Waals surface area contributed by atoms with Gasteiger partial charge < -0.3 is 15.0 Å². The molecule has 0 heterocycles. The van der Waals surface area contributed by atoms with E-state index in [2.05, 4.69) is 21.2 Å². The number of hydrogen-bond donors (Lipinski definition) is 1. The lowest BCUT2D eigenvalue weighted by Crippen LogP contribution is -2.50. The summed E-state index contributed by atoms with van der Waals surface area (Å²) < 4.78 is 32.3. The zero-order chi connectivity index (χ0) is 23.9. The first kappa shape index (κ1) is 25.7. The summed E-state index contributed by atoms with van der Waals surface area (Å²) in [6, 6.07) is 13.0. The van der Waals surface area contributed by atoms with Gasteiger partial charge in [0.1, 0.15) is 18.3 Å². The van der Waals surface area contributed by atoms with Gasteiger partial charge in [-0.3, -0.25) is 13.9 Å². The first-order valence-corrected chi connectivity index (χ1v) is 12.7. The molecule has 2 aromatic rings. The van der Waals surface area contributed by atoms with Gasteiger partial charge in [-0.05, 0) is 55.8 Å². The number of likely N-dealkylation sites (N-methyl/N-ethyl adjacent to an activating group) is 1. The van der Waals surface area contributed by atoms with Gasteiger partial charge in [0.2, 0.25) is 21.8 Å². The Bertz CT molecular complexity index is 1030. The Morgan fingerprint density at radius 3 is 2.19 bits per heavy atom. The maximum Gasteiger partial charge on any atom is 0.244 e. The molecule has 174 valence electrons. The minimum atomic E-state index is -3.76. The lowest BCUT2D eigenvalue weighted by molar-refractivity contribution is -0.139. The Morgan fingerprint density at radius 1 is 1.09 bits per heavy atom. The van der Waals surface area contributed by atoms with Gasteiger partial charge in [0.25, 0.3) is 0 Å². The minimum absolute atomic E-state index is 0.154. The van der Waals surface area contributed by atoms with E-state index in [4.69, 9.17) is 4.74 Å². The minimum Gasteiger partial charge on any atom is -0.494 e. The molecular formula is C22H28BrN3O5S. The molecule has 1 unspecified atom stereocenters. The van der Waals surface area contributed by atoms with Crippen LogP contribution < -0.4 is 14.4 Å². The molecule has 10 heteroatoms. The summed E-state index contributed by atoms with van der Waals surface area (Å²) in [6.07, 6.45) is 1.04. The van der Waals surface area contributed by atoms with E-state index in [1.54, 1.807) is 31.2 Å². The van der Waals surface area contributed by atoms with Crippen LogP contribution in [0.5, 0.6) is 5.75 Å². The van der Waals surface area contributed by atoms with Crippen LogP contribution >= 0.6 is 15.9 Å². The number of nitrogens with one attached hydrogen (secondary N) is 1. The largest absolute Gasteiger partial charge is 0.494 e. The van der Waals surface area contributed by atoms with Gasteiger partial charge in [-0.2, -0.15) is 0 Å². The van der Waals surface area contributed by atoms with Crippen molar-refractivity contribution in [1.29, 1.82) is 0 Å².